The number of benzene rings is 1. The quantitative estimate of drug-likeness (QED) is 0.919. The summed E-state index contributed by atoms with van der Waals surface area (Å²) in [6.07, 6.45) is -1.84. The van der Waals surface area contributed by atoms with Crippen LogP contribution in [0.1, 0.15) is 6.42 Å². The molecule has 1 N–H and O–H groups in total. The molecule has 0 aliphatic rings. The summed E-state index contributed by atoms with van der Waals surface area (Å²) in [7, 11) is 0. The summed E-state index contributed by atoms with van der Waals surface area (Å²) in [6.45, 7) is 0.324. The zero-order valence-corrected chi connectivity index (χ0v) is 10.7. The molecule has 0 saturated carbocycles. The fourth-order valence-corrected chi connectivity index (χ4v) is 1.56. The average molecular weight is 300 g/mol. The lowest BCUT2D eigenvalue weighted by Crippen LogP contribution is -2.18. The van der Waals surface area contributed by atoms with Crippen LogP contribution in [-0.4, -0.2) is 27.0 Å². The van der Waals surface area contributed by atoms with Gasteiger partial charge in [0.2, 0.25) is 5.91 Å². The molecule has 0 atom stereocenters. The number of rotatable bonds is 5. The van der Waals surface area contributed by atoms with Gasteiger partial charge in [-0.05, 0) is 12.1 Å². The van der Waals surface area contributed by atoms with E-state index in [9.17, 15) is 18.0 Å². The minimum absolute atomic E-state index is 0.119. The van der Waals surface area contributed by atoms with Crippen molar-refractivity contribution in [2.24, 2.45) is 0 Å². The summed E-state index contributed by atoms with van der Waals surface area (Å²) >= 11 is 0. The Bertz CT molecular complexity index is 599. The summed E-state index contributed by atoms with van der Waals surface area (Å²) in [5.41, 5.74) is 0.223. The Kier molecular flexibility index (Phi) is 4.41. The molecule has 0 radical (unpaired) electrons. The maximum atomic E-state index is 12.1. The molecule has 2 aromatic rings. The number of nitrogens with one attached hydrogen (secondary N) is 1. The Labute approximate surface area is 117 Å². The average Bonchev–Trinajstić information content (AvgIpc) is 2.87. The number of nitrogens with zero attached hydrogens (tertiary/aromatic N) is 3. The van der Waals surface area contributed by atoms with E-state index >= 15 is 0 Å². The first kappa shape index (κ1) is 14.8. The summed E-state index contributed by atoms with van der Waals surface area (Å²) in [4.78, 5) is 15.4. The highest BCUT2D eigenvalue weighted by Gasteiger charge is 2.31. The number of halogens is 3. The molecule has 0 spiro atoms. The minimum Gasteiger partial charge on any atom is -0.406 e. The van der Waals surface area contributed by atoms with Crippen molar-refractivity contribution in [2.45, 2.75) is 19.3 Å². The second-order valence-electron chi connectivity index (χ2n) is 4.03. The van der Waals surface area contributed by atoms with Crippen molar-refractivity contribution in [3.63, 3.8) is 0 Å². The first-order chi connectivity index (χ1) is 9.92. The minimum atomic E-state index is -4.77. The zero-order chi connectivity index (χ0) is 15.3. The van der Waals surface area contributed by atoms with Gasteiger partial charge in [0.1, 0.15) is 18.4 Å². The summed E-state index contributed by atoms with van der Waals surface area (Å²) in [5.74, 6) is -0.744. The van der Waals surface area contributed by atoms with Gasteiger partial charge in [0.25, 0.3) is 0 Å². The molecule has 1 aromatic heterocycles. The van der Waals surface area contributed by atoms with Crippen molar-refractivity contribution in [2.75, 3.05) is 5.32 Å². The molecule has 0 bridgehead atoms. The molecule has 1 heterocycles. The number of hydrogen-bond donors (Lipinski definition) is 1. The number of carbonyl (C=O) groups is 1. The van der Waals surface area contributed by atoms with Gasteiger partial charge in [0, 0.05) is 18.2 Å². The molecule has 1 amide bonds. The lowest BCUT2D eigenvalue weighted by Gasteiger charge is -2.10. The molecule has 9 heteroatoms. The fourth-order valence-electron chi connectivity index (χ4n) is 1.56. The number of amides is 1. The zero-order valence-electron chi connectivity index (χ0n) is 10.7. The van der Waals surface area contributed by atoms with Gasteiger partial charge in [-0.2, -0.15) is 5.10 Å². The third-order valence-electron chi connectivity index (χ3n) is 2.39. The standard InChI is InChI=1S/C12H11F3N4O2/c13-12(14,15)21-10-3-1-2-9(6-10)18-11(20)4-5-19-8-16-7-17-19/h1-3,6-8H,4-5H2,(H,18,20). The molecule has 1 aromatic carbocycles. The Morgan fingerprint density at radius 1 is 1.38 bits per heavy atom. The molecule has 0 aliphatic carbocycles. The van der Waals surface area contributed by atoms with Crippen LogP contribution in [0.2, 0.25) is 0 Å². The van der Waals surface area contributed by atoms with Gasteiger partial charge < -0.3 is 10.1 Å². The van der Waals surface area contributed by atoms with E-state index in [1.54, 1.807) is 0 Å². The third-order valence-corrected chi connectivity index (χ3v) is 2.39. The van der Waals surface area contributed by atoms with Gasteiger partial charge in [0.15, 0.2) is 0 Å². The van der Waals surface area contributed by atoms with Gasteiger partial charge >= 0.3 is 6.36 Å². The molecule has 0 aliphatic heterocycles. The highest BCUT2D eigenvalue weighted by atomic mass is 19.4. The second kappa shape index (κ2) is 6.25. The van der Waals surface area contributed by atoms with E-state index in [1.165, 1.54) is 29.5 Å². The molecular weight excluding hydrogens is 289 g/mol. The van der Waals surface area contributed by atoms with Crippen molar-refractivity contribution in [1.82, 2.24) is 14.8 Å². The van der Waals surface area contributed by atoms with Gasteiger partial charge in [-0.15, -0.1) is 13.2 Å². The fraction of sp³-hybridized carbons (Fsp3) is 0.250. The first-order valence-electron chi connectivity index (χ1n) is 5.90. The number of ether oxygens (including phenoxy) is 1. The Balaban J connectivity index is 1.90. The molecule has 21 heavy (non-hydrogen) atoms. The number of anilines is 1. The van der Waals surface area contributed by atoms with E-state index in [2.05, 4.69) is 20.1 Å². The molecule has 2 rings (SSSR count). The summed E-state index contributed by atoms with van der Waals surface area (Å²) < 4.78 is 41.5. The molecule has 112 valence electrons. The van der Waals surface area contributed by atoms with Crippen LogP contribution in [0.25, 0.3) is 0 Å². The first-order valence-corrected chi connectivity index (χ1v) is 5.90. The third kappa shape index (κ3) is 5.13. The molecular formula is C12H11F3N4O2. The normalized spacial score (nSPS) is 11.2. The van der Waals surface area contributed by atoms with Crippen molar-refractivity contribution >= 4 is 11.6 Å². The largest absolute Gasteiger partial charge is 0.573 e. The Morgan fingerprint density at radius 3 is 2.86 bits per heavy atom. The van der Waals surface area contributed by atoms with Crippen LogP contribution >= 0.6 is 0 Å². The van der Waals surface area contributed by atoms with E-state index in [0.717, 1.165) is 12.1 Å². The van der Waals surface area contributed by atoms with E-state index in [1.807, 2.05) is 0 Å². The van der Waals surface area contributed by atoms with Crippen molar-refractivity contribution < 1.29 is 22.7 Å². The number of aromatic nitrogens is 3. The van der Waals surface area contributed by atoms with E-state index in [-0.39, 0.29) is 18.0 Å². The van der Waals surface area contributed by atoms with Crippen molar-refractivity contribution in [3.8, 4) is 5.75 Å². The molecule has 0 fully saturated rings. The van der Waals surface area contributed by atoms with Gasteiger partial charge in [-0.3, -0.25) is 9.48 Å². The van der Waals surface area contributed by atoms with Crippen LogP contribution in [0, 0.1) is 0 Å². The maximum Gasteiger partial charge on any atom is 0.573 e. The number of carbonyl (C=O) groups excluding carboxylic acids is 1. The van der Waals surface area contributed by atoms with Crippen LogP contribution in [0.3, 0.4) is 0 Å². The van der Waals surface area contributed by atoms with Crippen LogP contribution in [0.5, 0.6) is 5.75 Å². The predicted octanol–water partition coefficient (Wildman–Crippen LogP) is 2.21. The van der Waals surface area contributed by atoms with E-state index in [4.69, 9.17) is 0 Å². The topological polar surface area (TPSA) is 69.0 Å². The maximum absolute atomic E-state index is 12.1. The number of hydrogen-bond acceptors (Lipinski definition) is 4. The second-order valence-corrected chi connectivity index (χ2v) is 4.03. The molecule has 6 nitrogen and oxygen atoms in total. The SMILES string of the molecule is O=C(CCn1cncn1)Nc1cccc(OC(F)(F)F)c1. The van der Waals surface area contributed by atoms with Crippen LogP contribution < -0.4 is 10.1 Å². The highest BCUT2D eigenvalue weighted by Crippen LogP contribution is 2.25. The van der Waals surface area contributed by atoms with Crippen molar-refractivity contribution in [3.05, 3.63) is 36.9 Å². The number of aryl methyl sites for hydroxylation is 1. The lowest BCUT2D eigenvalue weighted by molar-refractivity contribution is -0.274. The highest BCUT2D eigenvalue weighted by molar-refractivity contribution is 5.90. The smallest absolute Gasteiger partial charge is 0.406 e. The van der Waals surface area contributed by atoms with E-state index < -0.39 is 12.1 Å². The monoisotopic (exact) mass is 300 g/mol. The van der Waals surface area contributed by atoms with Gasteiger partial charge in [-0.25, -0.2) is 4.98 Å². The van der Waals surface area contributed by atoms with E-state index in [0.29, 0.717) is 6.54 Å². The number of alkyl halides is 3. The lowest BCUT2D eigenvalue weighted by atomic mass is 10.3. The molecule has 0 saturated heterocycles. The van der Waals surface area contributed by atoms with Crippen molar-refractivity contribution in [1.29, 1.82) is 0 Å². The Hall–Kier alpha value is -2.58. The predicted molar refractivity (Wildman–Crippen MR) is 66.4 cm³/mol. The Morgan fingerprint density at radius 2 is 2.19 bits per heavy atom. The summed E-state index contributed by atoms with van der Waals surface area (Å²) in [6, 6.07) is 5.07. The summed E-state index contributed by atoms with van der Waals surface area (Å²) in [5, 5.41) is 6.31. The van der Waals surface area contributed by atoms with Crippen LogP contribution in [0.15, 0.2) is 36.9 Å². The van der Waals surface area contributed by atoms with Gasteiger partial charge in [-0.1, -0.05) is 6.07 Å². The molecule has 0 unspecified atom stereocenters. The van der Waals surface area contributed by atoms with Gasteiger partial charge in [0.05, 0.1) is 6.54 Å². The van der Waals surface area contributed by atoms with Crippen LogP contribution in [0.4, 0.5) is 18.9 Å². The van der Waals surface area contributed by atoms with Crippen LogP contribution in [-0.2, 0) is 11.3 Å².